The first-order valence-electron chi connectivity index (χ1n) is 3.82. The van der Waals surface area contributed by atoms with Crippen molar-refractivity contribution in [1.82, 2.24) is 0 Å². The van der Waals surface area contributed by atoms with Gasteiger partial charge in [-0.3, -0.25) is 0 Å². The van der Waals surface area contributed by atoms with E-state index in [0.29, 0.717) is 18.3 Å². The normalized spacial score (nSPS) is 43.8. The lowest BCUT2D eigenvalue weighted by Crippen LogP contribution is -2.23. The molecule has 2 rings (SSSR count). The van der Waals surface area contributed by atoms with Crippen molar-refractivity contribution in [2.45, 2.75) is 37.6 Å². The Bertz CT molecular complexity index is 144. The molecule has 2 fully saturated rings. The van der Waals surface area contributed by atoms with E-state index in [1.807, 2.05) is 0 Å². The molecule has 2 heteroatoms. The van der Waals surface area contributed by atoms with Gasteiger partial charge in [-0.05, 0) is 12.8 Å². The minimum absolute atomic E-state index is 0.302. The molecule has 0 amide bonds. The summed E-state index contributed by atoms with van der Waals surface area (Å²) in [6, 6.07) is 0. The molecular formula is C8H12O2. The minimum Gasteiger partial charge on any atom is -0.496 e. The number of hydrogen-bond acceptors (Lipinski definition) is 2. The van der Waals surface area contributed by atoms with Crippen LogP contribution in [0.25, 0.3) is 0 Å². The van der Waals surface area contributed by atoms with Gasteiger partial charge in [0.05, 0.1) is 18.5 Å². The highest BCUT2D eigenvalue weighted by Crippen LogP contribution is 2.35. The molecule has 0 spiro atoms. The van der Waals surface area contributed by atoms with E-state index in [4.69, 9.17) is 9.47 Å². The highest BCUT2D eigenvalue weighted by atomic mass is 16.6. The van der Waals surface area contributed by atoms with E-state index >= 15 is 0 Å². The van der Waals surface area contributed by atoms with E-state index in [9.17, 15) is 0 Å². The van der Waals surface area contributed by atoms with Gasteiger partial charge in [0.1, 0.15) is 6.10 Å². The molecule has 2 aliphatic rings. The van der Waals surface area contributed by atoms with Crippen molar-refractivity contribution in [1.29, 1.82) is 0 Å². The first kappa shape index (κ1) is 6.23. The lowest BCUT2D eigenvalue weighted by atomic mass is 9.98. The smallest absolute Gasteiger partial charge is 0.126 e. The second-order valence-corrected chi connectivity index (χ2v) is 2.95. The molecule has 2 saturated heterocycles. The molecule has 0 aromatic heterocycles. The SMILES string of the molecule is C=CO[C@H]1C[C@H]2CC[C@@H]1O2. The zero-order chi connectivity index (χ0) is 6.97. The molecule has 56 valence electrons. The van der Waals surface area contributed by atoms with Crippen molar-refractivity contribution < 1.29 is 9.47 Å². The summed E-state index contributed by atoms with van der Waals surface area (Å²) in [6.45, 7) is 3.53. The van der Waals surface area contributed by atoms with Crippen molar-refractivity contribution in [3.8, 4) is 0 Å². The summed E-state index contributed by atoms with van der Waals surface area (Å²) < 4.78 is 10.8. The third kappa shape index (κ3) is 0.833. The predicted octanol–water partition coefficient (Wildman–Crippen LogP) is 1.47. The van der Waals surface area contributed by atoms with Crippen LogP contribution in [0.3, 0.4) is 0 Å². The second kappa shape index (κ2) is 2.27. The third-order valence-corrected chi connectivity index (χ3v) is 2.32. The molecule has 2 nitrogen and oxygen atoms in total. The molecule has 0 aromatic rings. The molecule has 0 aliphatic carbocycles. The van der Waals surface area contributed by atoms with Crippen LogP contribution in [0, 0.1) is 0 Å². The Morgan fingerprint density at radius 3 is 2.90 bits per heavy atom. The monoisotopic (exact) mass is 140 g/mol. The average molecular weight is 140 g/mol. The van der Waals surface area contributed by atoms with Crippen molar-refractivity contribution in [3.05, 3.63) is 12.8 Å². The van der Waals surface area contributed by atoms with Gasteiger partial charge in [-0.25, -0.2) is 0 Å². The maximum atomic E-state index is 5.56. The summed E-state index contributed by atoms with van der Waals surface area (Å²) in [6.07, 6.45) is 6.13. The Morgan fingerprint density at radius 1 is 1.50 bits per heavy atom. The van der Waals surface area contributed by atoms with Gasteiger partial charge in [0.15, 0.2) is 0 Å². The van der Waals surface area contributed by atoms with Crippen molar-refractivity contribution >= 4 is 0 Å². The number of rotatable bonds is 2. The molecule has 2 aliphatic heterocycles. The van der Waals surface area contributed by atoms with Gasteiger partial charge < -0.3 is 9.47 Å². The molecule has 2 heterocycles. The van der Waals surface area contributed by atoms with Crippen LogP contribution in [-0.2, 0) is 9.47 Å². The standard InChI is InChI=1S/C8H12O2/c1-2-9-8-5-6-3-4-7(8)10-6/h2,6-8H,1,3-5H2/t6-,7+,8+/m1/s1. The van der Waals surface area contributed by atoms with Crippen LogP contribution in [0.4, 0.5) is 0 Å². The molecule has 3 atom stereocenters. The molecule has 2 bridgehead atoms. The van der Waals surface area contributed by atoms with Crippen molar-refractivity contribution in [3.63, 3.8) is 0 Å². The number of hydrogen-bond donors (Lipinski definition) is 0. The summed E-state index contributed by atoms with van der Waals surface area (Å²) in [7, 11) is 0. The Kier molecular flexibility index (Phi) is 1.42. The lowest BCUT2D eigenvalue weighted by Gasteiger charge is -2.17. The molecule has 0 unspecified atom stereocenters. The van der Waals surface area contributed by atoms with Gasteiger partial charge in [-0.1, -0.05) is 6.58 Å². The van der Waals surface area contributed by atoms with Crippen LogP contribution in [0.5, 0.6) is 0 Å². The summed E-state index contributed by atoms with van der Waals surface area (Å²) in [5.41, 5.74) is 0. The lowest BCUT2D eigenvalue weighted by molar-refractivity contribution is 0.0451. The first-order valence-corrected chi connectivity index (χ1v) is 3.82. The molecule has 0 aromatic carbocycles. The largest absolute Gasteiger partial charge is 0.496 e. The van der Waals surface area contributed by atoms with Crippen LogP contribution in [0.1, 0.15) is 19.3 Å². The Morgan fingerprint density at radius 2 is 2.40 bits per heavy atom. The van der Waals surface area contributed by atoms with Gasteiger partial charge in [0.2, 0.25) is 0 Å². The van der Waals surface area contributed by atoms with Gasteiger partial charge in [0.25, 0.3) is 0 Å². The minimum atomic E-state index is 0.302. The van der Waals surface area contributed by atoms with Crippen LogP contribution >= 0.6 is 0 Å². The van der Waals surface area contributed by atoms with E-state index in [-0.39, 0.29) is 0 Å². The first-order chi connectivity index (χ1) is 4.90. The highest BCUT2D eigenvalue weighted by molar-refractivity contribution is 4.91. The predicted molar refractivity (Wildman–Crippen MR) is 37.6 cm³/mol. The average Bonchev–Trinajstić information content (AvgIpc) is 2.48. The van der Waals surface area contributed by atoms with Crippen molar-refractivity contribution in [2.75, 3.05) is 0 Å². The van der Waals surface area contributed by atoms with Crippen LogP contribution in [0.15, 0.2) is 12.8 Å². The fourth-order valence-corrected chi connectivity index (χ4v) is 1.86. The Balaban J connectivity index is 1.95. The molecule has 0 N–H and O–H groups in total. The molecule has 0 radical (unpaired) electrons. The van der Waals surface area contributed by atoms with Crippen LogP contribution < -0.4 is 0 Å². The number of ether oxygens (including phenoxy) is 2. The quantitative estimate of drug-likeness (QED) is 0.541. The van der Waals surface area contributed by atoms with E-state index in [2.05, 4.69) is 6.58 Å². The fraction of sp³-hybridized carbons (Fsp3) is 0.750. The Labute approximate surface area is 60.8 Å². The topological polar surface area (TPSA) is 18.5 Å². The number of fused-ring (bicyclic) bond motifs is 2. The molecule has 10 heavy (non-hydrogen) atoms. The summed E-state index contributed by atoms with van der Waals surface area (Å²) in [5.74, 6) is 0. The van der Waals surface area contributed by atoms with E-state index in [1.54, 1.807) is 0 Å². The zero-order valence-corrected chi connectivity index (χ0v) is 5.95. The van der Waals surface area contributed by atoms with Gasteiger partial charge in [0, 0.05) is 6.42 Å². The molecule has 0 saturated carbocycles. The zero-order valence-electron chi connectivity index (χ0n) is 5.95. The van der Waals surface area contributed by atoms with E-state index in [0.717, 1.165) is 6.42 Å². The molecular weight excluding hydrogens is 128 g/mol. The van der Waals surface area contributed by atoms with Crippen molar-refractivity contribution in [2.24, 2.45) is 0 Å². The second-order valence-electron chi connectivity index (χ2n) is 2.95. The van der Waals surface area contributed by atoms with Crippen LogP contribution in [-0.4, -0.2) is 18.3 Å². The fourth-order valence-electron chi connectivity index (χ4n) is 1.86. The van der Waals surface area contributed by atoms with Gasteiger partial charge >= 0.3 is 0 Å². The third-order valence-electron chi connectivity index (χ3n) is 2.32. The maximum absolute atomic E-state index is 5.56. The maximum Gasteiger partial charge on any atom is 0.126 e. The van der Waals surface area contributed by atoms with E-state index < -0.39 is 0 Å². The van der Waals surface area contributed by atoms with E-state index in [1.165, 1.54) is 19.1 Å². The highest BCUT2D eigenvalue weighted by Gasteiger charge is 2.41. The summed E-state index contributed by atoms with van der Waals surface area (Å²) in [4.78, 5) is 0. The van der Waals surface area contributed by atoms with Crippen LogP contribution in [0.2, 0.25) is 0 Å². The van der Waals surface area contributed by atoms with Gasteiger partial charge in [-0.15, -0.1) is 0 Å². The summed E-state index contributed by atoms with van der Waals surface area (Å²) >= 11 is 0. The summed E-state index contributed by atoms with van der Waals surface area (Å²) in [5, 5.41) is 0. The Hall–Kier alpha value is -0.500. The van der Waals surface area contributed by atoms with Gasteiger partial charge in [-0.2, -0.15) is 0 Å².